The average molecular weight is 432 g/mol. The highest BCUT2D eigenvalue weighted by atomic mass is 19.4. The minimum atomic E-state index is -4.67. The Labute approximate surface area is 178 Å². The fraction of sp³-hybridized carbons (Fsp3) is 0.391. The summed E-state index contributed by atoms with van der Waals surface area (Å²) in [6.45, 7) is 1.69. The molecule has 1 unspecified atom stereocenters. The van der Waals surface area contributed by atoms with E-state index in [-0.39, 0.29) is 18.0 Å². The Kier molecular flexibility index (Phi) is 5.41. The van der Waals surface area contributed by atoms with Crippen molar-refractivity contribution in [2.75, 3.05) is 26.2 Å². The van der Waals surface area contributed by atoms with Crippen molar-refractivity contribution in [2.24, 2.45) is 5.41 Å². The summed E-state index contributed by atoms with van der Waals surface area (Å²) in [5.41, 5.74) is -0.830. The molecule has 2 aliphatic heterocycles. The van der Waals surface area contributed by atoms with Crippen LogP contribution in [0.25, 0.3) is 0 Å². The molecule has 2 amide bonds. The van der Waals surface area contributed by atoms with Gasteiger partial charge < -0.3 is 14.9 Å². The maximum absolute atomic E-state index is 13.1. The number of carbonyl (C=O) groups excluding carboxylic acids is 2. The fourth-order valence-corrected chi connectivity index (χ4v) is 4.52. The van der Waals surface area contributed by atoms with Crippen molar-refractivity contribution in [3.05, 3.63) is 65.2 Å². The number of benzene rings is 2. The van der Waals surface area contributed by atoms with Crippen LogP contribution in [0, 0.1) is 5.41 Å². The van der Waals surface area contributed by atoms with Crippen molar-refractivity contribution in [1.82, 2.24) is 9.80 Å². The van der Waals surface area contributed by atoms with Gasteiger partial charge in [0.1, 0.15) is 5.75 Å². The van der Waals surface area contributed by atoms with Gasteiger partial charge in [0.25, 0.3) is 5.91 Å². The summed E-state index contributed by atoms with van der Waals surface area (Å²) in [6, 6.07) is 12.2. The van der Waals surface area contributed by atoms with E-state index in [2.05, 4.69) is 0 Å². The molecule has 1 N–H and O–H groups in total. The first-order chi connectivity index (χ1) is 14.7. The number of hydrogen-bond acceptors (Lipinski definition) is 3. The van der Waals surface area contributed by atoms with Gasteiger partial charge in [-0.15, -0.1) is 0 Å². The van der Waals surface area contributed by atoms with Crippen molar-refractivity contribution in [1.29, 1.82) is 0 Å². The summed E-state index contributed by atoms with van der Waals surface area (Å²) in [7, 11) is 0. The van der Waals surface area contributed by atoms with Crippen LogP contribution in [0.2, 0.25) is 0 Å². The Morgan fingerprint density at radius 1 is 1.06 bits per heavy atom. The van der Waals surface area contributed by atoms with Crippen molar-refractivity contribution >= 4 is 11.8 Å². The highest BCUT2D eigenvalue weighted by molar-refractivity contribution is 5.96. The standard InChI is InChI=1S/C23H23F3N2O3/c24-23(25,26)18-12-17(13-19(29)14-18)20(30)28-11-8-22(15-28)7-10-27(21(22)31)9-6-16-4-2-1-3-5-16/h1-5,12-14,29H,6-11,15H2. The molecule has 0 bridgehead atoms. The third-order valence-corrected chi connectivity index (χ3v) is 6.25. The van der Waals surface area contributed by atoms with E-state index in [1.807, 2.05) is 35.2 Å². The van der Waals surface area contributed by atoms with E-state index in [0.29, 0.717) is 38.5 Å². The molecule has 2 aliphatic rings. The maximum Gasteiger partial charge on any atom is 0.416 e. The smallest absolute Gasteiger partial charge is 0.416 e. The number of phenols is 1. The van der Waals surface area contributed by atoms with Crippen LogP contribution in [0.4, 0.5) is 13.2 Å². The largest absolute Gasteiger partial charge is 0.508 e. The van der Waals surface area contributed by atoms with Crippen molar-refractivity contribution in [3.63, 3.8) is 0 Å². The summed E-state index contributed by atoms with van der Waals surface area (Å²) in [6.07, 6.45) is -2.81. The molecule has 1 spiro atoms. The number of likely N-dealkylation sites (tertiary alicyclic amines) is 2. The molecule has 0 radical (unpaired) electrons. The molecule has 5 nitrogen and oxygen atoms in total. The number of amides is 2. The number of alkyl halides is 3. The van der Waals surface area contributed by atoms with Gasteiger partial charge in [0.05, 0.1) is 11.0 Å². The molecule has 2 heterocycles. The van der Waals surface area contributed by atoms with Crippen LogP contribution in [-0.2, 0) is 17.4 Å². The highest BCUT2D eigenvalue weighted by Gasteiger charge is 2.51. The Morgan fingerprint density at radius 3 is 2.48 bits per heavy atom. The van der Waals surface area contributed by atoms with Crippen LogP contribution < -0.4 is 0 Å². The number of aromatic hydroxyl groups is 1. The lowest BCUT2D eigenvalue weighted by Crippen LogP contribution is -2.39. The van der Waals surface area contributed by atoms with Gasteiger partial charge >= 0.3 is 6.18 Å². The molecule has 2 aromatic carbocycles. The molecule has 4 rings (SSSR count). The first kappa shape index (κ1) is 21.2. The number of phenolic OH excluding ortho intramolecular Hbond substituents is 1. The molecule has 0 aromatic heterocycles. The third-order valence-electron chi connectivity index (χ3n) is 6.25. The van der Waals surface area contributed by atoms with E-state index >= 15 is 0 Å². The molecule has 2 aromatic rings. The molecule has 1 atom stereocenters. The zero-order chi connectivity index (χ0) is 22.2. The molecule has 164 valence electrons. The summed E-state index contributed by atoms with van der Waals surface area (Å²) >= 11 is 0. The van der Waals surface area contributed by atoms with Crippen LogP contribution >= 0.6 is 0 Å². The zero-order valence-electron chi connectivity index (χ0n) is 16.9. The number of nitrogens with zero attached hydrogens (tertiary/aromatic N) is 2. The number of halogens is 3. The lowest BCUT2D eigenvalue weighted by molar-refractivity contribution is -0.137. The minimum absolute atomic E-state index is 0.00520. The van der Waals surface area contributed by atoms with Crippen LogP contribution in [0.1, 0.15) is 34.3 Å². The van der Waals surface area contributed by atoms with Crippen LogP contribution in [0.15, 0.2) is 48.5 Å². The Morgan fingerprint density at radius 2 is 1.77 bits per heavy atom. The normalized spacial score (nSPS) is 21.3. The zero-order valence-corrected chi connectivity index (χ0v) is 16.9. The number of hydrogen-bond donors (Lipinski definition) is 1. The van der Waals surface area contributed by atoms with E-state index in [0.717, 1.165) is 24.1 Å². The predicted molar refractivity (Wildman–Crippen MR) is 107 cm³/mol. The van der Waals surface area contributed by atoms with Gasteiger partial charge in [-0.3, -0.25) is 9.59 Å². The summed E-state index contributed by atoms with van der Waals surface area (Å²) in [5, 5.41) is 9.65. The average Bonchev–Trinajstić information content (AvgIpc) is 3.30. The highest BCUT2D eigenvalue weighted by Crippen LogP contribution is 2.41. The van der Waals surface area contributed by atoms with E-state index in [1.165, 1.54) is 4.90 Å². The second-order valence-corrected chi connectivity index (χ2v) is 8.30. The third kappa shape index (κ3) is 4.24. The summed E-state index contributed by atoms with van der Waals surface area (Å²) in [4.78, 5) is 29.2. The molecule has 8 heteroatoms. The topological polar surface area (TPSA) is 60.9 Å². The first-order valence-electron chi connectivity index (χ1n) is 10.2. The van der Waals surface area contributed by atoms with Gasteiger partial charge in [0.2, 0.25) is 5.91 Å². The Bertz CT molecular complexity index is 993. The van der Waals surface area contributed by atoms with E-state index in [4.69, 9.17) is 0 Å². The first-order valence-corrected chi connectivity index (χ1v) is 10.2. The molecule has 2 saturated heterocycles. The molecule has 0 saturated carbocycles. The Balaban J connectivity index is 1.44. The van der Waals surface area contributed by atoms with Crippen LogP contribution in [-0.4, -0.2) is 52.9 Å². The van der Waals surface area contributed by atoms with Gasteiger partial charge in [-0.25, -0.2) is 0 Å². The van der Waals surface area contributed by atoms with Gasteiger partial charge in [0.15, 0.2) is 0 Å². The minimum Gasteiger partial charge on any atom is -0.508 e. The molecule has 31 heavy (non-hydrogen) atoms. The molecule has 2 fully saturated rings. The van der Waals surface area contributed by atoms with E-state index in [1.54, 1.807) is 0 Å². The number of carbonyl (C=O) groups is 2. The molecule has 0 aliphatic carbocycles. The van der Waals surface area contributed by atoms with Gasteiger partial charge in [-0.1, -0.05) is 30.3 Å². The van der Waals surface area contributed by atoms with E-state index < -0.39 is 28.8 Å². The number of rotatable bonds is 4. The summed E-state index contributed by atoms with van der Waals surface area (Å²) in [5.74, 6) is -1.21. The van der Waals surface area contributed by atoms with Crippen molar-refractivity contribution in [2.45, 2.75) is 25.4 Å². The second kappa shape index (κ2) is 7.90. The summed E-state index contributed by atoms with van der Waals surface area (Å²) < 4.78 is 39.1. The van der Waals surface area contributed by atoms with Gasteiger partial charge in [-0.2, -0.15) is 13.2 Å². The quantitative estimate of drug-likeness (QED) is 0.801. The van der Waals surface area contributed by atoms with Crippen molar-refractivity contribution in [3.8, 4) is 5.75 Å². The SMILES string of the molecule is O=C(c1cc(O)cc(C(F)(F)F)c1)N1CCC2(CCN(CCc3ccccc3)C2=O)C1. The van der Waals surface area contributed by atoms with Crippen molar-refractivity contribution < 1.29 is 27.9 Å². The maximum atomic E-state index is 13.1. The van der Waals surface area contributed by atoms with Crippen LogP contribution in [0.5, 0.6) is 5.75 Å². The molecular weight excluding hydrogens is 409 g/mol. The fourth-order valence-electron chi connectivity index (χ4n) is 4.52. The predicted octanol–water partition coefficient (Wildman–Crippen LogP) is 3.72. The lowest BCUT2D eigenvalue weighted by atomic mass is 9.85. The second-order valence-electron chi connectivity index (χ2n) is 8.30. The van der Waals surface area contributed by atoms with E-state index in [9.17, 15) is 27.9 Å². The lowest BCUT2D eigenvalue weighted by Gasteiger charge is -2.24. The van der Waals surface area contributed by atoms with Crippen LogP contribution in [0.3, 0.4) is 0 Å². The monoisotopic (exact) mass is 432 g/mol. The molecular formula is C23H23F3N2O3. The van der Waals surface area contributed by atoms with Gasteiger partial charge in [-0.05, 0) is 43.0 Å². The Hall–Kier alpha value is -3.03. The van der Waals surface area contributed by atoms with Gasteiger partial charge in [0, 0.05) is 31.7 Å².